The van der Waals surface area contributed by atoms with Gasteiger partial charge in [0, 0.05) is 17.0 Å². The number of amides is 2. The number of hydrogen-bond donors (Lipinski definition) is 2. The van der Waals surface area contributed by atoms with Gasteiger partial charge in [0.05, 0.1) is 28.2 Å². The van der Waals surface area contributed by atoms with E-state index in [1.54, 1.807) is 36.4 Å². The summed E-state index contributed by atoms with van der Waals surface area (Å²) in [5.74, 6) is -0.0575. The Bertz CT molecular complexity index is 1040. The Morgan fingerprint density at radius 1 is 1.17 bits per heavy atom. The van der Waals surface area contributed by atoms with Crippen LogP contribution in [-0.4, -0.2) is 37.8 Å². The summed E-state index contributed by atoms with van der Waals surface area (Å²) in [6, 6.07) is 11.5. The lowest BCUT2D eigenvalue weighted by Crippen LogP contribution is -2.28. The predicted octanol–water partition coefficient (Wildman–Crippen LogP) is 3.71. The normalized spacial score (nSPS) is 15.8. The molecule has 0 bridgehead atoms. The number of fused-ring (bicyclic) bond motifs is 1. The standard InChI is InChI=1S/C21H24N2O5S2/c1-3-18-21(25)23-17-10-9-16(13-19(17)29-18)30(26,27)12-11-20(24)22-14-5-7-15(8-6-14)28-4-2/h5-10,13,18H,3-4,11-12H2,1-2H3,(H,22,24)(H,23,25). The summed E-state index contributed by atoms with van der Waals surface area (Å²) in [7, 11) is -3.64. The van der Waals surface area contributed by atoms with Gasteiger partial charge in [-0.05, 0) is 55.8 Å². The molecule has 2 N–H and O–H groups in total. The van der Waals surface area contributed by atoms with Crippen molar-refractivity contribution >= 4 is 44.8 Å². The van der Waals surface area contributed by atoms with E-state index in [2.05, 4.69) is 10.6 Å². The van der Waals surface area contributed by atoms with Gasteiger partial charge in [0.25, 0.3) is 0 Å². The Hall–Kier alpha value is -2.52. The number of anilines is 2. The molecule has 2 aromatic rings. The zero-order valence-electron chi connectivity index (χ0n) is 16.8. The maximum atomic E-state index is 12.7. The SMILES string of the molecule is CCOc1ccc(NC(=O)CCS(=O)(=O)c2ccc3c(c2)SC(CC)C(=O)N3)cc1. The molecule has 1 aliphatic rings. The third-order valence-corrected chi connectivity index (χ3v) is 7.69. The van der Waals surface area contributed by atoms with Crippen LogP contribution in [0.15, 0.2) is 52.3 Å². The van der Waals surface area contributed by atoms with Gasteiger partial charge in [-0.2, -0.15) is 0 Å². The second kappa shape index (κ2) is 9.53. The number of rotatable bonds is 8. The fourth-order valence-electron chi connectivity index (χ4n) is 2.96. The van der Waals surface area contributed by atoms with Crippen LogP contribution in [-0.2, 0) is 19.4 Å². The van der Waals surface area contributed by atoms with Gasteiger partial charge in [0.1, 0.15) is 5.75 Å². The largest absolute Gasteiger partial charge is 0.494 e. The molecule has 1 heterocycles. The molecule has 0 fully saturated rings. The molecule has 30 heavy (non-hydrogen) atoms. The van der Waals surface area contributed by atoms with Crippen molar-refractivity contribution in [1.29, 1.82) is 0 Å². The van der Waals surface area contributed by atoms with Crippen molar-refractivity contribution in [1.82, 2.24) is 0 Å². The molecule has 0 saturated heterocycles. The first-order chi connectivity index (χ1) is 14.3. The predicted molar refractivity (Wildman–Crippen MR) is 118 cm³/mol. The maximum absolute atomic E-state index is 12.7. The van der Waals surface area contributed by atoms with Crippen LogP contribution in [0.2, 0.25) is 0 Å². The van der Waals surface area contributed by atoms with Crippen LogP contribution < -0.4 is 15.4 Å². The average molecular weight is 449 g/mol. The number of thioether (sulfide) groups is 1. The highest BCUT2D eigenvalue weighted by atomic mass is 32.2. The molecule has 160 valence electrons. The fourth-order valence-corrected chi connectivity index (χ4v) is 5.37. The van der Waals surface area contributed by atoms with Crippen molar-refractivity contribution < 1.29 is 22.7 Å². The van der Waals surface area contributed by atoms with Crippen LogP contribution >= 0.6 is 11.8 Å². The second-order valence-electron chi connectivity index (χ2n) is 6.74. The molecule has 3 rings (SSSR count). The molecule has 1 atom stereocenters. The van der Waals surface area contributed by atoms with E-state index in [9.17, 15) is 18.0 Å². The molecule has 2 aromatic carbocycles. The molecule has 0 aliphatic carbocycles. The molecule has 9 heteroatoms. The average Bonchev–Trinajstić information content (AvgIpc) is 2.73. The van der Waals surface area contributed by atoms with Gasteiger partial charge in [-0.25, -0.2) is 8.42 Å². The Morgan fingerprint density at radius 3 is 2.57 bits per heavy atom. The number of carbonyl (C=O) groups excluding carboxylic acids is 2. The Kier molecular flexibility index (Phi) is 7.04. The van der Waals surface area contributed by atoms with Crippen LogP contribution in [0.25, 0.3) is 0 Å². The first kappa shape index (κ1) is 22.2. The van der Waals surface area contributed by atoms with Gasteiger partial charge < -0.3 is 15.4 Å². The van der Waals surface area contributed by atoms with Crippen molar-refractivity contribution in [3.05, 3.63) is 42.5 Å². The topological polar surface area (TPSA) is 102 Å². The molecule has 0 radical (unpaired) electrons. The van der Waals surface area contributed by atoms with Gasteiger partial charge in [-0.1, -0.05) is 6.92 Å². The van der Waals surface area contributed by atoms with E-state index in [0.717, 1.165) is 4.90 Å². The highest BCUT2D eigenvalue weighted by Gasteiger charge is 2.27. The molecule has 7 nitrogen and oxygen atoms in total. The maximum Gasteiger partial charge on any atom is 0.237 e. The number of nitrogens with one attached hydrogen (secondary N) is 2. The van der Waals surface area contributed by atoms with E-state index in [0.29, 0.717) is 30.2 Å². The van der Waals surface area contributed by atoms with E-state index in [-0.39, 0.29) is 34.1 Å². The zero-order chi connectivity index (χ0) is 21.7. The lowest BCUT2D eigenvalue weighted by Gasteiger charge is -2.23. The molecule has 0 aromatic heterocycles. The smallest absolute Gasteiger partial charge is 0.237 e. The van der Waals surface area contributed by atoms with Crippen molar-refractivity contribution in [2.24, 2.45) is 0 Å². The van der Waals surface area contributed by atoms with Crippen LogP contribution in [0.4, 0.5) is 11.4 Å². The third-order valence-electron chi connectivity index (χ3n) is 4.55. The van der Waals surface area contributed by atoms with E-state index < -0.39 is 9.84 Å². The van der Waals surface area contributed by atoms with Gasteiger partial charge in [-0.3, -0.25) is 9.59 Å². The van der Waals surface area contributed by atoms with Crippen molar-refractivity contribution in [2.45, 2.75) is 41.7 Å². The van der Waals surface area contributed by atoms with Gasteiger partial charge >= 0.3 is 0 Å². The Balaban J connectivity index is 1.62. The molecular formula is C21H24N2O5S2. The summed E-state index contributed by atoms with van der Waals surface area (Å²) in [4.78, 5) is 25.0. The summed E-state index contributed by atoms with van der Waals surface area (Å²) < 4.78 is 30.8. The van der Waals surface area contributed by atoms with E-state index in [4.69, 9.17) is 4.74 Å². The minimum atomic E-state index is -3.64. The van der Waals surface area contributed by atoms with Crippen molar-refractivity contribution in [2.75, 3.05) is 23.0 Å². The number of benzene rings is 2. The van der Waals surface area contributed by atoms with Gasteiger partial charge in [0.15, 0.2) is 9.84 Å². The summed E-state index contributed by atoms with van der Waals surface area (Å²) >= 11 is 1.36. The zero-order valence-corrected chi connectivity index (χ0v) is 18.4. The monoisotopic (exact) mass is 448 g/mol. The molecule has 0 saturated carbocycles. The fraction of sp³-hybridized carbons (Fsp3) is 0.333. The third kappa shape index (κ3) is 5.34. The van der Waals surface area contributed by atoms with Crippen molar-refractivity contribution in [3.8, 4) is 5.75 Å². The number of hydrogen-bond acceptors (Lipinski definition) is 6. The first-order valence-electron chi connectivity index (χ1n) is 9.69. The highest BCUT2D eigenvalue weighted by molar-refractivity contribution is 8.01. The van der Waals surface area contributed by atoms with Crippen LogP contribution in [0, 0.1) is 0 Å². The molecule has 2 amide bonds. The summed E-state index contributed by atoms with van der Waals surface area (Å²) in [5, 5.41) is 5.25. The molecule has 1 unspecified atom stereocenters. The summed E-state index contributed by atoms with van der Waals surface area (Å²) in [6.07, 6.45) is 0.493. The highest BCUT2D eigenvalue weighted by Crippen LogP contribution is 2.38. The van der Waals surface area contributed by atoms with Crippen LogP contribution in [0.1, 0.15) is 26.7 Å². The second-order valence-corrected chi connectivity index (χ2v) is 10.1. The summed E-state index contributed by atoms with van der Waals surface area (Å²) in [6.45, 7) is 4.34. The minimum Gasteiger partial charge on any atom is -0.494 e. The number of sulfone groups is 1. The molecule has 1 aliphatic heterocycles. The number of carbonyl (C=O) groups is 2. The molecule has 0 spiro atoms. The lowest BCUT2D eigenvalue weighted by molar-refractivity contribution is -0.116. The lowest BCUT2D eigenvalue weighted by atomic mass is 10.2. The van der Waals surface area contributed by atoms with E-state index in [1.807, 2.05) is 13.8 Å². The quantitative estimate of drug-likeness (QED) is 0.638. The van der Waals surface area contributed by atoms with Crippen LogP contribution in [0.3, 0.4) is 0 Å². The van der Waals surface area contributed by atoms with Crippen LogP contribution in [0.5, 0.6) is 5.75 Å². The Labute approximate surface area is 180 Å². The molecular weight excluding hydrogens is 424 g/mol. The van der Waals surface area contributed by atoms with Gasteiger partial charge in [0.2, 0.25) is 11.8 Å². The summed E-state index contributed by atoms with van der Waals surface area (Å²) in [5.41, 5.74) is 1.19. The first-order valence-corrected chi connectivity index (χ1v) is 12.2. The Morgan fingerprint density at radius 2 is 1.90 bits per heavy atom. The van der Waals surface area contributed by atoms with Crippen molar-refractivity contribution in [3.63, 3.8) is 0 Å². The van der Waals surface area contributed by atoms with Gasteiger partial charge in [-0.15, -0.1) is 11.8 Å². The van der Waals surface area contributed by atoms with E-state index >= 15 is 0 Å². The minimum absolute atomic E-state index is 0.0726. The number of ether oxygens (including phenoxy) is 1. The van der Waals surface area contributed by atoms with E-state index in [1.165, 1.54) is 17.8 Å².